The van der Waals surface area contributed by atoms with Gasteiger partial charge in [0.2, 0.25) is 0 Å². The lowest BCUT2D eigenvalue weighted by Gasteiger charge is -2.12. The van der Waals surface area contributed by atoms with Gasteiger partial charge in [0.05, 0.1) is 0 Å². The van der Waals surface area contributed by atoms with Crippen LogP contribution in [0.4, 0.5) is 5.69 Å². The van der Waals surface area contributed by atoms with Gasteiger partial charge in [-0.05, 0) is 44.5 Å². The molecule has 2 rings (SSSR count). The van der Waals surface area contributed by atoms with Gasteiger partial charge < -0.3 is 10.1 Å². The predicted octanol–water partition coefficient (Wildman–Crippen LogP) is 3.78. The van der Waals surface area contributed by atoms with Crippen molar-refractivity contribution in [1.82, 2.24) is 0 Å². The van der Waals surface area contributed by atoms with Crippen molar-refractivity contribution in [2.75, 3.05) is 5.32 Å². The minimum atomic E-state index is -0.967. The second-order valence-corrected chi connectivity index (χ2v) is 5.95. The van der Waals surface area contributed by atoms with Crippen molar-refractivity contribution in [3.05, 3.63) is 71.3 Å². The van der Waals surface area contributed by atoms with Gasteiger partial charge in [-0.3, -0.25) is 9.59 Å². The number of carbonyl (C=O) groups excluding carboxylic acids is 3. The fraction of sp³-hybridized carbons (Fsp3) is 0.190. The van der Waals surface area contributed by atoms with Crippen LogP contribution >= 0.6 is 0 Å². The molecule has 0 heterocycles. The standard InChI is InChI=1S/C21H21NO4/c1-14-6-4-7-17(12-14)10-11-20(24)26-16(3)21(25)22-19-9-5-8-18(13-19)15(2)23/h4-13,16H,1-3H3,(H,22,25)/b11-10+/t16-/m1/s1. The van der Waals surface area contributed by atoms with Gasteiger partial charge in [0.1, 0.15) is 0 Å². The van der Waals surface area contributed by atoms with Crippen LogP contribution in [0.3, 0.4) is 0 Å². The fourth-order valence-corrected chi connectivity index (χ4v) is 2.26. The van der Waals surface area contributed by atoms with E-state index in [1.807, 2.05) is 31.2 Å². The average molecular weight is 351 g/mol. The molecular weight excluding hydrogens is 330 g/mol. The third-order valence-electron chi connectivity index (χ3n) is 3.65. The van der Waals surface area contributed by atoms with Crippen molar-refractivity contribution < 1.29 is 19.1 Å². The van der Waals surface area contributed by atoms with E-state index in [0.717, 1.165) is 11.1 Å². The first kappa shape index (κ1) is 19.1. The van der Waals surface area contributed by atoms with Crippen LogP contribution in [0.15, 0.2) is 54.6 Å². The second kappa shape index (κ2) is 8.76. The SMILES string of the molecule is CC(=O)c1cccc(NC(=O)[C@@H](C)OC(=O)/C=C/c2cccc(C)c2)c1. The zero-order valence-electron chi connectivity index (χ0n) is 15.0. The molecule has 0 fully saturated rings. The number of aryl methyl sites for hydroxylation is 1. The van der Waals surface area contributed by atoms with E-state index in [2.05, 4.69) is 5.32 Å². The molecule has 0 aliphatic rings. The Morgan fingerprint density at radius 3 is 2.50 bits per heavy atom. The molecule has 0 saturated carbocycles. The van der Waals surface area contributed by atoms with E-state index in [4.69, 9.17) is 4.74 Å². The van der Waals surface area contributed by atoms with Gasteiger partial charge in [-0.15, -0.1) is 0 Å². The van der Waals surface area contributed by atoms with Crippen molar-refractivity contribution in [3.8, 4) is 0 Å². The highest BCUT2D eigenvalue weighted by atomic mass is 16.5. The monoisotopic (exact) mass is 351 g/mol. The maximum absolute atomic E-state index is 12.2. The molecule has 0 aromatic heterocycles. The molecule has 0 bridgehead atoms. The maximum atomic E-state index is 12.2. The number of ether oxygens (including phenoxy) is 1. The summed E-state index contributed by atoms with van der Waals surface area (Å²) in [5.74, 6) is -1.17. The number of ketones is 1. The smallest absolute Gasteiger partial charge is 0.331 e. The number of rotatable bonds is 6. The van der Waals surface area contributed by atoms with Gasteiger partial charge in [-0.2, -0.15) is 0 Å². The molecule has 1 amide bonds. The third-order valence-corrected chi connectivity index (χ3v) is 3.65. The summed E-state index contributed by atoms with van der Waals surface area (Å²) in [6, 6.07) is 14.2. The molecule has 0 saturated heterocycles. The molecule has 1 N–H and O–H groups in total. The Hall–Kier alpha value is -3.21. The summed E-state index contributed by atoms with van der Waals surface area (Å²) < 4.78 is 5.11. The number of nitrogens with one attached hydrogen (secondary N) is 1. The lowest BCUT2D eigenvalue weighted by Crippen LogP contribution is -2.29. The summed E-state index contributed by atoms with van der Waals surface area (Å²) in [4.78, 5) is 35.4. The Bertz CT molecular complexity index is 855. The highest BCUT2D eigenvalue weighted by Crippen LogP contribution is 2.12. The zero-order valence-corrected chi connectivity index (χ0v) is 15.0. The van der Waals surface area contributed by atoms with E-state index in [9.17, 15) is 14.4 Å². The Kier molecular flexibility index (Phi) is 6.44. The topological polar surface area (TPSA) is 72.5 Å². The first-order valence-electron chi connectivity index (χ1n) is 8.22. The van der Waals surface area contributed by atoms with Crippen LogP contribution in [0.1, 0.15) is 35.3 Å². The van der Waals surface area contributed by atoms with Crippen LogP contribution in [-0.4, -0.2) is 23.8 Å². The number of hydrogen-bond donors (Lipinski definition) is 1. The summed E-state index contributed by atoms with van der Waals surface area (Å²) >= 11 is 0. The highest BCUT2D eigenvalue weighted by Gasteiger charge is 2.17. The van der Waals surface area contributed by atoms with Gasteiger partial charge in [-0.1, -0.05) is 42.0 Å². The van der Waals surface area contributed by atoms with Gasteiger partial charge in [-0.25, -0.2) is 4.79 Å². The van der Waals surface area contributed by atoms with Crippen LogP contribution in [-0.2, 0) is 14.3 Å². The molecule has 0 aliphatic heterocycles. The van der Waals surface area contributed by atoms with Gasteiger partial charge >= 0.3 is 5.97 Å². The van der Waals surface area contributed by atoms with Gasteiger partial charge in [0.15, 0.2) is 11.9 Å². The molecular formula is C21H21NO4. The maximum Gasteiger partial charge on any atom is 0.331 e. The minimum Gasteiger partial charge on any atom is -0.449 e. The molecule has 2 aromatic carbocycles. The Morgan fingerprint density at radius 2 is 1.81 bits per heavy atom. The highest BCUT2D eigenvalue weighted by molar-refractivity contribution is 5.99. The summed E-state index contributed by atoms with van der Waals surface area (Å²) in [6.45, 7) is 4.90. The molecule has 26 heavy (non-hydrogen) atoms. The normalized spacial score (nSPS) is 11.8. The molecule has 5 nitrogen and oxygen atoms in total. The summed E-state index contributed by atoms with van der Waals surface area (Å²) in [6.07, 6.45) is 1.95. The number of esters is 1. The van der Waals surface area contributed by atoms with Crippen molar-refractivity contribution in [2.24, 2.45) is 0 Å². The number of carbonyl (C=O) groups is 3. The molecule has 1 atom stereocenters. The van der Waals surface area contributed by atoms with Crippen molar-refractivity contribution in [2.45, 2.75) is 26.9 Å². The Labute approximate surface area is 152 Å². The lowest BCUT2D eigenvalue weighted by molar-refractivity contribution is -0.148. The summed E-state index contributed by atoms with van der Waals surface area (Å²) in [5, 5.41) is 2.63. The minimum absolute atomic E-state index is 0.0955. The van der Waals surface area contributed by atoms with Crippen LogP contribution in [0.2, 0.25) is 0 Å². The first-order valence-corrected chi connectivity index (χ1v) is 8.22. The number of hydrogen-bond acceptors (Lipinski definition) is 4. The van der Waals surface area contributed by atoms with Crippen LogP contribution in [0, 0.1) is 6.92 Å². The number of anilines is 1. The van der Waals surface area contributed by atoms with Crippen molar-refractivity contribution in [3.63, 3.8) is 0 Å². The first-order chi connectivity index (χ1) is 12.3. The molecule has 2 aromatic rings. The van der Waals surface area contributed by atoms with E-state index in [1.165, 1.54) is 19.9 Å². The molecule has 0 spiro atoms. The van der Waals surface area contributed by atoms with Crippen LogP contribution in [0.25, 0.3) is 6.08 Å². The lowest BCUT2D eigenvalue weighted by atomic mass is 10.1. The number of benzene rings is 2. The van der Waals surface area contributed by atoms with Crippen LogP contribution < -0.4 is 5.32 Å². The van der Waals surface area contributed by atoms with E-state index in [-0.39, 0.29) is 5.78 Å². The van der Waals surface area contributed by atoms with E-state index >= 15 is 0 Å². The third kappa shape index (κ3) is 5.70. The predicted molar refractivity (Wildman–Crippen MR) is 101 cm³/mol. The zero-order chi connectivity index (χ0) is 19.1. The molecule has 5 heteroatoms. The van der Waals surface area contributed by atoms with Crippen molar-refractivity contribution in [1.29, 1.82) is 0 Å². The number of amides is 1. The molecule has 0 radical (unpaired) electrons. The van der Waals surface area contributed by atoms with Crippen molar-refractivity contribution >= 4 is 29.4 Å². The molecule has 134 valence electrons. The van der Waals surface area contributed by atoms with E-state index in [0.29, 0.717) is 11.3 Å². The Balaban J connectivity index is 1.93. The second-order valence-electron chi connectivity index (χ2n) is 5.95. The quantitative estimate of drug-likeness (QED) is 0.488. The van der Waals surface area contributed by atoms with Gasteiger partial charge in [0.25, 0.3) is 5.91 Å². The van der Waals surface area contributed by atoms with E-state index < -0.39 is 18.0 Å². The summed E-state index contributed by atoms with van der Waals surface area (Å²) in [7, 11) is 0. The summed E-state index contributed by atoms with van der Waals surface area (Å²) in [5.41, 5.74) is 2.93. The average Bonchev–Trinajstić information content (AvgIpc) is 2.60. The Morgan fingerprint density at radius 1 is 1.08 bits per heavy atom. The number of Topliss-reactive ketones (excluding diaryl/α,β-unsaturated/α-hetero) is 1. The fourth-order valence-electron chi connectivity index (χ4n) is 2.26. The molecule has 0 unspecified atom stereocenters. The van der Waals surface area contributed by atoms with E-state index in [1.54, 1.807) is 30.3 Å². The molecule has 0 aliphatic carbocycles. The van der Waals surface area contributed by atoms with Crippen LogP contribution in [0.5, 0.6) is 0 Å². The van der Waals surface area contributed by atoms with Gasteiger partial charge in [0, 0.05) is 17.3 Å². The largest absolute Gasteiger partial charge is 0.449 e.